The van der Waals surface area contributed by atoms with Crippen molar-refractivity contribution < 1.29 is 18.8 Å². The summed E-state index contributed by atoms with van der Waals surface area (Å²) in [6.45, 7) is 35.1. The van der Waals surface area contributed by atoms with Crippen LogP contribution in [0.5, 0.6) is 23.0 Å². The lowest BCUT2D eigenvalue weighted by Crippen LogP contribution is -2.41. The number of nitrogens with zero attached hydrogens (tertiary/aromatic N) is 6. The van der Waals surface area contributed by atoms with E-state index in [0.717, 1.165) is 145 Å². The van der Waals surface area contributed by atoms with Crippen molar-refractivity contribution in [2.75, 3.05) is 0 Å². The average molecular weight is 1470 g/mol. The van der Waals surface area contributed by atoms with Gasteiger partial charge >= 0.3 is 7.12 Å². The molecule has 12 aromatic carbocycles. The van der Waals surface area contributed by atoms with Crippen LogP contribution in [0.2, 0.25) is 0 Å². The van der Waals surface area contributed by atoms with Gasteiger partial charge in [-0.05, 0) is 218 Å². The smallest absolute Gasteiger partial charge is 0.457 e. The molecule has 19 rings (SSSR count). The van der Waals surface area contributed by atoms with Crippen molar-refractivity contribution in [3.8, 4) is 101 Å². The Hall–Kier alpha value is -12.2. The minimum absolute atomic E-state index is 0.326. The Morgan fingerprint density at radius 2 is 0.620 bits per heavy atom. The maximum Gasteiger partial charge on any atom is 0.494 e. The second kappa shape index (κ2) is 26.7. The van der Waals surface area contributed by atoms with Crippen LogP contribution in [-0.4, -0.2) is 38.3 Å². The number of aryl methyl sites for hydroxylation is 4. The van der Waals surface area contributed by atoms with Crippen molar-refractivity contribution in [1.82, 2.24) is 19.9 Å². The fraction of sp³-hybridized carbons (Fsp3) is 0.146. The van der Waals surface area contributed by atoms with Gasteiger partial charge in [0.1, 0.15) is 34.6 Å². The summed E-state index contributed by atoms with van der Waals surface area (Å²) in [5.41, 5.74) is 30.2. The minimum atomic E-state index is -0.592. The lowest BCUT2D eigenvalue weighted by molar-refractivity contribution is 0.00578. The van der Waals surface area contributed by atoms with E-state index in [9.17, 15) is 0 Å². The number of aromatic nitrogens is 4. The summed E-state index contributed by atoms with van der Waals surface area (Å²) in [4.78, 5) is 25.5. The van der Waals surface area contributed by atoms with Crippen LogP contribution in [-0.2, 0) is 20.1 Å². The largest absolute Gasteiger partial charge is 0.494 e. The Labute approximate surface area is 639 Å². The average Bonchev–Trinajstić information content (AvgIpc) is 1.51. The van der Waals surface area contributed by atoms with E-state index >= 15 is 0 Å². The van der Waals surface area contributed by atoms with E-state index < -0.39 is 10.8 Å². The van der Waals surface area contributed by atoms with Crippen LogP contribution in [0.25, 0.3) is 87.8 Å². The molecule has 1 fully saturated rings. The molecule has 5 aliphatic rings. The van der Waals surface area contributed by atoms with Gasteiger partial charge in [0.05, 0.1) is 46.6 Å². The van der Waals surface area contributed by atoms with Crippen LogP contribution in [0.3, 0.4) is 0 Å². The van der Waals surface area contributed by atoms with E-state index in [-0.39, 0.29) is 18.3 Å². The monoisotopic (exact) mass is 1460 g/mol. The van der Waals surface area contributed by atoms with Crippen molar-refractivity contribution >= 4 is 39.9 Å². The summed E-state index contributed by atoms with van der Waals surface area (Å²) in [7, 11) is -0.334. The molecule has 3 aliphatic heterocycles. The topological polar surface area (TPSA) is 97.2 Å². The van der Waals surface area contributed by atoms with Crippen molar-refractivity contribution in [1.29, 1.82) is 0 Å². The number of ether oxygens (including phenoxy) is 2. The predicted octanol–water partition coefficient (Wildman–Crippen LogP) is 23.9. The summed E-state index contributed by atoms with van der Waals surface area (Å²) in [6.07, 6.45) is 0. The minimum Gasteiger partial charge on any atom is -0.457 e. The molecule has 1 saturated heterocycles. The zero-order chi connectivity index (χ0) is 74.5. The molecule has 12 heteroatoms. The number of hydrogen-bond acceptors (Lipinski definition) is 8. The Morgan fingerprint density at radius 1 is 0.324 bits per heavy atom. The molecule has 0 radical (unpaired) electrons. The van der Waals surface area contributed by atoms with Gasteiger partial charge in [0.25, 0.3) is 0 Å². The second-order valence-electron chi connectivity index (χ2n) is 29.4. The quantitative estimate of drug-likeness (QED) is 0.120. The standard InChI is InChI=1S/C45H31N3O.C32H18BrNO.C19H25BN2O2/c1-27-28(2)47-29(3)48-44(27)32-15-13-30(14-16-32)33-19-23-36-37-24-20-34(31-17-21-35(46-4)22-18-31)26-41(37)45(40(36)25-33)38-9-5-7-11-42(38)49-43-12-8-6-10-39(43)45;1-34-23-14-10-20(11-15-23)21-12-16-24-25-17-13-22(33)19-29(25)32(28(24)18-21)26-6-2-4-8-30(26)35-31-9-5-3-7-27(31)32;1-12-13(2)21-14(3)22-17(12)15-8-10-16(11-9-15)20-23-18(4,5)19(6,7)24-20/h5-26H,1-3H3;2-19H;8-11H,1-7H3. The zero-order valence-electron chi connectivity index (χ0n) is 61.7. The third-order valence-electron chi connectivity index (χ3n) is 22.7. The van der Waals surface area contributed by atoms with E-state index in [1.807, 2.05) is 100 Å². The molecule has 2 aromatic heterocycles. The fourth-order valence-corrected chi connectivity index (χ4v) is 16.8. The predicted molar refractivity (Wildman–Crippen MR) is 437 cm³/mol. The Balaban J connectivity index is 0.000000127. The molecule has 0 saturated carbocycles. The van der Waals surface area contributed by atoms with Crippen LogP contribution >= 0.6 is 15.9 Å². The molecule has 2 aliphatic carbocycles. The van der Waals surface area contributed by atoms with Crippen molar-refractivity contribution in [3.63, 3.8) is 0 Å². The third kappa shape index (κ3) is 11.4. The first-order valence-corrected chi connectivity index (χ1v) is 37.2. The number of fused-ring (bicyclic) bond motifs is 18. The van der Waals surface area contributed by atoms with Gasteiger partial charge in [-0.25, -0.2) is 29.6 Å². The molecule has 10 nitrogen and oxygen atoms in total. The molecule has 0 amide bonds. The molecule has 0 unspecified atom stereocenters. The highest BCUT2D eigenvalue weighted by atomic mass is 79.9. The highest BCUT2D eigenvalue weighted by Gasteiger charge is 2.54. The van der Waals surface area contributed by atoms with E-state index in [4.69, 9.17) is 36.9 Å². The van der Waals surface area contributed by atoms with Crippen LogP contribution in [0.1, 0.15) is 106 Å². The molecular formula is C96H74BBrN6O4. The first-order chi connectivity index (χ1) is 52.3. The van der Waals surface area contributed by atoms with Gasteiger partial charge in [-0.2, -0.15) is 0 Å². The van der Waals surface area contributed by atoms with Gasteiger partial charge in [-0.15, -0.1) is 0 Å². The highest BCUT2D eigenvalue weighted by Crippen LogP contribution is 2.65. The first-order valence-electron chi connectivity index (χ1n) is 36.4. The molecule has 0 N–H and O–H groups in total. The van der Waals surface area contributed by atoms with Crippen molar-refractivity contribution in [2.24, 2.45) is 0 Å². The summed E-state index contributed by atoms with van der Waals surface area (Å²) in [5, 5.41) is 0. The summed E-state index contributed by atoms with van der Waals surface area (Å²) >= 11 is 3.75. The van der Waals surface area contributed by atoms with Crippen LogP contribution in [0, 0.1) is 54.7 Å². The third-order valence-corrected chi connectivity index (χ3v) is 23.2. The van der Waals surface area contributed by atoms with Gasteiger partial charge in [0.2, 0.25) is 0 Å². The van der Waals surface area contributed by atoms with Gasteiger partial charge in [0, 0.05) is 49.2 Å². The summed E-state index contributed by atoms with van der Waals surface area (Å²) in [6, 6.07) is 93.6. The molecule has 14 aromatic rings. The van der Waals surface area contributed by atoms with E-state index in [1.165, 1.54) is 44.5 Å². The lowest BCUT2D eigenvalue weighted by atomic mass is 9.65. The number of halogens is 1. The molecule has 5 heterocycles. The Morgan fingerprint density at radius 3 is 0.972 bits per heavy atom. The maximum absolute atomic E-state index is 7.42. The van der Waals surface area contributed by atoms with Gasteiger partial charge in [-0.1, -0.05) is 228 Å². The fourth-order valence-electron chi connectivity index (χ4n) is 16.5. The molecule has 522 valence electrons. The van der Waals surface area contributed by atoms with Crippen molar-refractivity contribution in [2.45, 2.75) is 91.3 Å². The molecule has 0 atom stereocenters. The Kier molecular flexibility index (Phi) is 17.0. The van der Waals surface area contributed by atoms with E-state index in [2.05, 4.69) is 276 Å². The first kappa shape index (κ1) is 68.9. The molecule has 108 heavy (non-hydrogen) atoms. The van der Waals surface area contributed by atoms with Crippen molar-refractivity contribution in [3.05, 3.63) is 373 Å². The van der Waals surface area contributed by atoms with Crippen LogP contribution in [0.4, 0.5) is 11.4 Å². The van der Waals surface area contributed by atoms with E-state index in [1.54, 1.807) is 0 Å². The summed E-state index contributed by atoms with van der Waals surface area (Å²) < 4.78 is 26.3. The number of rotatable bonds is 6. The number of benzene rings is 12. The van der Waals surface area contributed by atoms with Gasteiger partial charge in [-0.3, -0.25) is 0 Å². The SMILES string of the molecule is Cc1nc(C)c(C)c(-c2ccc(B3OC(C)(C)C(C)(C)O3)cc2)n1.[C-]#[N+]c1ccc(-c2ccc3c(c2)C2(c4ccccc4Oc4ccccc42)c2cc(-c4ccc(-c5nc(C)nc(C)c5C)cc4)ccc2-3)cc1.[C-]#[N+]c1ccc(-c2ccc3c(c2)C2(c4ccccc4Oc4ccccc42)c2cc(Br)ccc2-3)cc1. The second-order valence-corrected chi connectivity index (χ2v) is 30.3. The number of hydrogen-bond donors (Lipinski definition) is 0. The van der Waals surface area contributed by atoms with Crippen LogP contribution < -0.4 is 14.9 Å². The van der Waals surface area contributed by atoms with Crippen LogP contribution in [0.15, 0.2) is 271 Å². The highest BCUT2D eigenvalue weighted by molar-refractivity contribution is 9.10. The molecular weight excluding hydrogens is 1390 g/mol. The molecule has 2 spiro atoms. The number of para-hydroxylation sites is 4. The zero-order valence-corrected chi connectivity index (χ0v) is 63.3. The van der Waals surface area contributed by atoms with E-state index in [0.29, 0.717) is 11.4 Å². The van der Waals surface area contributed by atoms with Gasteiger partial charge in [0.15, 0.2) is 11.4 Å². The normalized spacial score (nSPS) is 14.6. The Bertz CT molecular complexity index is 5970. The summed E-state index contributed by atoms with van der Waals surface area (Å²) in [5.74, 6) is 5.09. The lowest BCUT2D eigenvalue weighted by Gasteiger charge is -2.39. The van der Waals surface area contributed by atoms with Gasteiger partial charge < -0.3 is 18.8 Å². The molecule has 0 bridgehead atoms. The maximum atomic E-state index is 7.42.